The Balaban J connectivity index is 1.51. The number of carbonyl (C=O) groups excluding carboxylic acids is 1. The molecule has 3 heterocycles. The molecule has 36 heavy (non-hydrogen) atoms. The molecule has 1 fully saturated rings. The minimum Gasteiger partial charge on any atom is -0.497 e. The largest absolute Gasteiger partial charge is 0.497 e. The molecule has 1 aliphatic rings. The van der Waals surface area contributed by atoms with Gasteiger partial charge in [0, 0.05) is 12.1 Å². The molecule has 9 heteroatoms. The number of nitrogens with one attached hydrogen (secondary N) is 1. The van der Waals surface area contributed by atoms with Gasteiger partial charge in [-0.3, -0.25) is 4.79 Å². The Morgan fingerprint density at radius 1 is 1.14 bits per heavy atom. The number of benzene rings is 2. The molecule has 1 unspecified atom stereocenters. The highest BCUT2D eigenvalue weighted by Gasteiger charge is 2.32. The van der Waals surface area contributed by atoms with Gasteiger partial charge in [-0.1, -0.05) is 42.5 Å². The number of aromatic nitrogens is 3. The predicted molar refractivity (Wildman–Crippen MR) is 139 cm³/mol. The second-order valence-corrected chi connectivity index (χ2v) is 11.3. The maximum absolute atomic E-state index is 13.4. The summed E-state index contributed by atoms with van der Waals surface area (Å²) in [5.74, 6) is 0.722. The van der Waals surface area contributed by atoms with E-state index in [4.69, 9.17) is 9.72 Å². The molecule has 1 saturated heterocycles. The molecule has 0 saturated carbocycles. The fourth-order valence-electron chi connectivity index (χ4n) is 4.72. The fourth-order valence-corrected chi connectivity index (χ4v) is 6.41. The number of ether oxygens (including phenoxy) is 1. The van der Waals surface area contributed by atoms with Crippen LogP contribution in [0.3, 0.4) is 0 Å². The zero-order valence-corrected chi connectivity index (χ0v) is 21.1. The molecule has 2 aromatic heterocycles. The Morgan fingerprint density at radius 2 is 1.94 bits per heavy atom. The van der Waals surface area contributed by atoms with Crippen LogP contribution < -0.4 is 10.1 Å². The van der Waals surface area contributed by atoms with E-state index in [0.717, 1.165) is 16.9 Å². The number of aryl methyl sites for hydroxylation is 1. The van der Waals surface area contributed by atoms with Gasteiger partial charge in [-0.2, -0.15) is 5.10 Å². The topological polar surface area (TPSA) is 103 Å². The summed E-state index contributed by atoms with van der Waals surface area (Å²) in [6.07, 6.45) is 1.14. The van der Waals surface area contributed by atoms with Gasteiger partial charge in [0.15, 0.2) is 15.5 Å². The molecular weight excluding hydrogens is 476 g/mol. The van der Waals surface area contributed by atoms with Crippen molar-refractivity contribution in [1.82, 2.24) is 20.1 Å². The number of hydrogen-bond acceptors (Lipinski definition) is 6. The predicted octanol–water partition coefficient (Wildman–Crippen LogP) is 3.75. The van der Waals surface area contributed by atoms with E-state index in [1.807, 2.05) is 61.5 Å². The van der Waals surface area contributed by atoms with Crippen molar-refractivity contribution in [3.8, 4) is 17.0 Å². The number of carbonyl (C=O) groups is 1. The molecule has 0 bridgehead atoms. The van der Waals surface area contributed by atoms with E-state index in [1.165, 1.54) is 0 Å². The van der Waals surface area contributed by atoms with Gasteiger partial charge in [-0.25, -0.2) is 18.1 Å². The molecular formula is C27H28N4O4S. The molecule has 8 nitrogen and oxygen atoms in total. The third-order valence-corrected chi connectivity index (χ3v) is 8.29. The lowest BCUT2D eigenvalue weighted by atomic mass is 10.0. The van der Waals surface area contributed by atoms with Crippen LogP contribution in [0, 0.1) is 6.92 Å². The summed E-state index contributed by atoms with van der Waals surface area (Å²) in [6, 6.07) is 18.9. The first-order chi connectivity index (χ1) is 17.3. The summed E-state index contributed by atoms with van der Waals surface area (Å²) in [4.78, 5) is 18.3. The Hall–Kier alpha value is -3.72. The van der Waals surface area contributed by atoms with Crippen LogP contribution >= 0.6 is 0 Å². The van der Waals surface area contributed by atoms with Crippen molar-refractivity contribution in [3.63, 3.8) is 0 Å². The average Bonchev–Trinajstić information content (AvgIpc) is 3.42. The number of sulfone groups is 1. The molecule has 0 spiro atoms. The molecule has 1 N–H and O–H groups in total. The summed E-state index contributed by atoms with van der Waals surface area (Å²) in [6.45, 7) is 2.28. The van der Waals surface area contributed by atoms with Crippen molar-refractivity contribution < 1.29 is 17.9 Å². The monoisotopic (exact) mass is 504 g/mol. The number of fused-ring (bicyclic) bond motifs is 1. The van der Waals surface area contributed by atoms with Crippen LogP contribution in [0.2, 0.25) is 0 Å². The fraction of sp³-hybridized carbons (Fsp3) is 0.296. The Morgan fingerprint density at radius 3 is 2.67 bits per heavy atom. The maximum Gasteiger partial charge on any atom is 0.252 e. The highest BCUT2D eigenvalue weighted by Crippen LogP contribution is 2.32. The van der Waals surface area contributed by atoms with Crippen molar-refractivity contribution in [3.05, 3.63) is 77.5 Å². The molecule has 0 aliphatic carbocycles. The Kier molecular flexibility index (Phi) is 6.49. The molecule has 1 aliphatic heterocycles. The van der Waals surface area contributed by atoms with Gasteiger partial charge in [0.2, 0.25) is 0 Å². The van der Waals surface area contributed by atoms with Crippen molar-refractivity contribution in [2.24, 2.45) is 0 Å². The number of methoxy groups -OCH3 is 1. The van der Waals surface area contributed by atoms with E-state index >= 15 is 0 Å². The molecule has 1 amide bonds. The quantitative estimate of drug-likeness (QED) is 0.411. The van der Waals surface area contributed by atoms with Gasteiger partial charge in [0.25, 0.3) is 5.91 Å². The molecule has 186 valence electrons. The van der Waals surface area contributed by atoms with Crippen LogP contribution in [0.25, 0.3) is 22.3 Å². The van der Waals surface area contributed by atoms with Gasteiger partial charge >= 0.3 is 0 Å². The summed E-state index contributed by atoms with van der Waals surface area (Å²) >= 11 is 0. The molecule has 4 aromatic rings. The van der Waals surface area contributed by atoms with E-state index in [0.29, 0.717) is 47.4 Å². The number of hydrogen-bond donors (Lipinski definition) is 1. The lowest BCUT2D eigenvalue weighted by Crippen LogP contribution is -2.26. The van der Waals surface area contributed by atoms with Crippen molar-refractivity contribution in [2.75, 3.05) is 25.2 Å². The third-order valence-electron chi connectivity index (χ3n) is 6.54. The SMILES string of the molecule is COc1cccc(CCNC(=O)c2cc(-c3ccccc3)nc3c2c(C)nn3C2CCS(=O)(=O)C2)c1. The van der Waals surface area contributed by atoms with E-state index in [-0.39, 0.29) is 23.5 Å². The minimum atomic E-state index is -3.11. The van der Waals surface area contributed by atoms with Gasteiger partial charge in [0.1, 0.15) is 5.75 Å². The first kappa shape index (κ1) is 24.0. The van der Waals surface area contributed by atoms with Crippen LogP contribution in [0.15, 0.2) is 60.7 Å². The maximum atomic E-state index is 13.4. The summed E-state index contributed by atoms with van der Waals surface area (Å²) in [5.41, 5.74) is 4.24. The van der Waals surface area contributed by atoms with E-state index in [2.05, 4.69) is 10.4 Å². The lowest BCUT2D eigenvalue weighted by molar-refractivity contribution is 0.0955. The van der Waals surface area contributed by atoms with Crippen molar-refractivity contribution in [2.45, 2.75) is 25.8 Å². The van der Waals surface area contributed by atoms with Crippen LogP contribution in [-0.2, 0) is 16.3 Å². The van der Waals surface area contributed by atoms with Gasteiger partial charge in [0.05, 0.1) is 47.0 Å². The summed E-state index contributed by atoms with van der Waals surface area (Å²) < 4.78 is 31.3. The number of nitrogens with zero attached hydrogens (tertiary/aromatic N) is 3. The smallest absolute Gasteiger partial charge is 0.252 e. The lowest BCUT2D eigenvalue weighted by Gasteiger charge is -2.12. The number of rotatable bonds is 7. The van der Waals surface area contributed by atoms with Crippen LogP contribution in [-0.4, -0.2) is 54.2 Å². The zero-order valence-electron chi connectivity index (χ0n) is 20.3. The highest BCUT2D eigenvalue weighted by molar-refractivity contribution is 7.91. The molecule has 1 atom stereocenters. The molecule has 5 rings (SSSR count). The number of pyridine rings is 1. The van der Waals surface area contributed by atoms with Crippen LogP contribution in [0.1, 0.15) is 34.1 Å². The van der Waals surface area contributed by atoms with Gasteiger partial charge < -0.3 is 10.1 Å². The van der Waals surface area contributed by atoms with Crippen LogP contribution in [0.5, 0.6) is 5.75 Å². The number of amides is 1. The molecule has 2 aromatic carbocycles. The standard InChI is InChI=1S/C27H28N4O4S/c1-18-25-23(27(32)28-13-11-19-7-6-10-22(15-19)35-2)16-24(20-8-4-3-5-9-20)29-26(25)31(30-18)21-12-14-36(33,34)17-21/h3-10,15-16,21H,11-14,17H2,1-2H3,(H,28,32). The highest BCUT2D eigenvalue weighted by atomic mass is 32.2. The normalized spacial score (nSPS) is 16.8. The summed E-state index contributed by atoms with van der Waals surface area (Å²) in [7, 11) is -1.48. The first-order valence-electron chi connectivity index (χ1n) is 11.9. The van der Waals surface area contributed by atoms with Gasteiger partial charge in [-0.05, 0) is 43.5 Å². The van der Waals surface area contributed by atoms with E-state index < -0.39 is 9.84 Å². The van der Waals surface area contributed by atoms with Crippen molar-refractivity contribution >= 4 is 26.8 Å². The first-order valence-corrected chi connectivity index (χ1v) is 13.7. The van der Waals surface area contributed by atoms with Gasteiger partial charge in [-0.15, -0.1) is 0 Å². The second-order valence-electron chi connectivity index (χ2n) is 9.06. The van der Waals surface area contributed by atoms with Crippen LogP contribution in [0.4, 0.5) is 0 Å². The zero-order chi connectivity index (χ0) is 25.3. The average molecular weight is 505 g/mol. The van der Waals surface area contributed by atoms with E-state index in [9.17, 15) is 13.2 Å². The Labute approximate surface area is 210 Å². The van der Waals surface area contributed by atoms with E-state index in [1.54, 1.807) is 17.9 Å². The third kappa shape index (κ3) is 4.83. The van der Waals surface area contributed by atoms with Crippen molar-refractivity contribution in [1.29, 1.82) is 0 Å². The minimum absolute atomic E-state index is 0.0303. The second kappa shape index (κ2) is 9.73. The molecule has 0 radical (unpaired) electrons. The Bertz CT molecular complexity index is 1530. The summed E-state index contributed by atoms with van der Waals surface area (Å²) in [5, 5.41) is 8.34.